The molecule has 0 radical (unpaired) electrons. The number of nitrogens with zero attached hydrogens (tertiary/aromatic N) is 1. The highest BCUT2D eigenvalue weighted by Gasteiger charge is 2.22. The van der Waals surface area contributed by atoms with E-state index in [1.54, 1.807) is 31.3 Å². The molecule has 1 rings (SSSR count). The van der Waals surface area contributed by atoms with Crippen molar-refractivity contribution in [1.82, 2.24) is 9.62 Å². The Hall–Kier alpha value is -1.11. The fourth-order valence-corrected chi connectivity index (χ4v) is 2.96. The first kappa shape index (κ1) is 16.9. The van der Waals surface area contributed by atoms with E-state index in [1.165, 1.54) is 4.31 Å². The number of benzene rings is 1. The fraction of sp³-hybridized carbons (Fsp3) is 0.571. The van der Waals surface area contributed by atoms with Crippen molar-refractivity contribution in [2.24, 2.45) is 0 Å². The predicted octanol–water partition coefficient (Wildman–Crippen LogP) is 1.70. The van der Waals surface area contributed by atoms with Crippen LogP contribution in [0.3, 0.4) is 0 Å². The van der Waals surface area contributed by atoms with Crippen LogP contribution in [-0.2, 0) is 10.0 Å². The molecule has 0 amide bonds. The van der Waals surface area contributed by atoms with Gasteiger partial charge in [-0.3, -0.25) is 0 Å². The lowest BCUT2D eigenvalue weighted by Crippen LogP contribution is -2.32. The van der Waals surface area contributed by atoms with Crippen LogP contribution in [0.4, 0.5) is 0 Å². The molecule has 20 heavy (non-hydrogen) atoms. The third kappa shape index (κ3) is 4.47. The molecule has 0 bridgehead atoms. The first-order valence-electron chi connectivity index (χ1n) is 6.75. The second-order valence-electron chi connectivity index (χ2n) is 4.89. The summed E-state index contributed by atoms with van der Waals surface area (Å²) in [5, 5.41) is 3.04. The van der Waals surface area contributed by atoms with Crippen LogP contribution in [0.5, 0.6) is 5.75 Å². The first-order chi connectivity index (χ1) is 9.39. The van der Waals surface area contributed by atoms with E-state index in [0.29, 0.717) is 12.4 Å². The van der Waals surface area contributed by atoms with E-state index in [4.69, 9.17) is 4.74 Å². The predicted molar refractivity (Wildman–Crippen MR) is 80.6 cm³/mol. The Morgan fingerprint density at radius 1 is 1.25 bits per heavy atom. The van der Waals surface area contributed by atoms with Gasteiger partial charge in [-0.15, -0.1) is 0 Å². The van der Waals surface area contributed by atoms with E-state index >= 15 is 0 Å². The summed E-state index contributed by atoms with van der Waals surface area (Å²) in [5.74, 6) is 0.687. The Bertz CT molecular complexity index is 498. The summed E-state index contributed by atoms with van der Waals surface area (Å²) in [4.78, 5) is 0.288. The van der Waals surface area contributed by atoms with E-state index in [0.717, 1.165) is 13.0 Å². The molecule has 1 aromatic carbocycles. The Labute approximate surface area is 122 Å². The molecule has 1 aromatic rings. The van der Waals surface area contributed by atoms with Gasteiger partial charge in [0.05, 0.1) is 11.5 Å². The third-order valence-electron chi connectivity index (χ3n) is 3.07. The minimum absolute atomic E-state index is 0.0718. The molecule has 0 unspecified atom stereocenters. The van der Waals surface area contributed by atoms with Gasteiger partial charge in [-0.1, -0.05) is 0 Å². The summed E-state index contributed by atoms with van der Waals surface area (Å²) in [6.45, 7) is 5.19. The zero-order chi connectivity index (χ0) is 15.2. The van der Waals surface area contributed by atoms with Gasteiger partial charge in [0, 0.05) is 13.1 Å². The Morgan fingerprint density at radius 2 is 1.85 bits per heavy atom. The van der Waals surface area contributed by atoms with E-state index < -0.39 is 10.0 Å². The zero-order valence-corrected chi connectivity index (χ0v) is 13.4. The molecule has 0 aromatic heterocycles. The summed E-state index contributed by atoms with van der Waals surface area (Å²) in [7, 11) is 0.0629. The van der Waals surface area contributed by atoms with Crippen LogP contribution in [-0.4, -0.2) is 46.0 Å². The molecule has 0 atom stereocenters. The lowest BCUT2D eigenvalue weighted by atomic mass is 10.3. The minimum Gasteiger partial charge on any atom is -0.494 e. The fourth-order valence-electron chi connectivity index (χ4n) is 1.59. The van der Waals surface area contributed by atoms with E-state index in [1.807, 2.05) is 20.9 Å². The van der Waals surface area contributed by atoms with Crippen molar-refractivity contribution in [2.75, 3.05) is 27.2 Å². The van der Waals surface area contributed by atoms with Crippen molar-refractivity contribution in [2.45, 2.75) is 31.2 Å². The number of hydrogen-bond donors (Lipinski definition) is 1. The van der Waals surface area contributed by atoms with Gasteiger partial charge < -0.3 is 10.1 Å². The van der Waals surface area contributed by atoms with Crippen molar-refractivity contribution in [3.63, 3.8) is 0 Å². The van der Waals surface area contributed by atoms with E-state index in [2.05, 4.69) is 5.32 Å². The monoisotopic (exact) mass is 300 g/mol. The second-order valence-corrected chi connectivity index (χ2v) is 6.89. The van der Waals surface area contributed by atoms with Gasteiger partial charge in [-0.2, -0.15) is 4.31 Å². The number of sulfonamides is 1. The average molecular weight is 300 g/mol. The molecule has 0 aliphatic heterocycles. The highest BCUT2D eigenvalue weighted by Crippen LogP contribution is 2.20. The summed E-state index contributed by atoms with van der Waals surface area (Å²) in [5.41, 5.74) is 0. The van der Waals surface area contributed by atoms with Crippen molar-refractivity contribution in [1.29, 1.82) is 0 Å². The van der Waals surface area contributed by atoms with Crippen LogP contribution in [0.2, 0.25) is 0 Å². The summed E-state index contributed by atoms with van der Waals surface area (Å²) in [6, 6.07) is 6.49. The molecular weight excluding hydrogens is 276 g/mol. The van der Waals surface area contributed by atoms with Crippen LogP contribution >= 0.6 is 0 Å². The van der Waals surface area contributed by atoms with Gasteiger partial charge in [0.15, 0.2) is 0 Å². The molecule has 114 valence electrons. The standard InChI is InChI=1S/C14H24N2O3S/c1-12(2)16(4)20(17,18)14-8-6-13(7-9-14)19-11-5-10-15-3/h6-9,12,15H,5,10-11H2,1-4H3. The van der Waals surface area contributed by atoms with Gasteiger partial charge >= 0.3 is 0 Å². The van der Waals surface area contributed by atoms with Crippen molar-refractivity contribution < 1.29 is 13.2 Å². The van der Waals surface area contributed by atoms with Crippen LogP contribution < -0.4 is 10.1 Å². The van der Waals surface area contributed by atoms with Crippen LogP contribution in [0, 0.1) is 0 Å². The molecule has 0 spiro atoms. The lowest BCUT2D eigenvalue weighted by molar-refractivity contribution is 0.309. The molecule has 0 saturated carbocycles. The average Bonchev–Trinajstić information content (AvgIpc) is 2.43. The maximum atomic E-state index is 12.3. The molecule has 0 saturated heterocycles. The normalized spacial score (nSPS) is 12.1. The number of nitrogens with one attached hydrogen (secondary N) is 1. The topological polar surface area (TPSA) is 58.6 Å². The van der Waals surface area contributed by atoms with Crippen LogP contribution in [0.15, 0.2) is 29.2 Å². The van der Waals surface area contributed by atoms with Gasteiger partial charge in [0.2, 0.25) is 10.0 Å². The minimum atomic E-state index is -3.42. The molecular formula is C14H24N2O3S. The molecule has 6 heteroatoms. The summed E-state index contributed by atoms with van der Waals surface area (Å²) < 4.78 is 31.4. The maximum Gasteiger partial charge on any atom is 0.243 e. The molecule has 0 fully saturated rings. The highest BCUT2D eigenvalue weighted by atomic mass is 32.2. The highest BCUT2D eigenvalue weighted by molar-refractivity contribution is 7.89. The summed E-state index contributed by atoms with van der Waals surface area (Å²) >= 11 is 0. The van der Waals surface area contributed by atoms with Crippen molar-refractivity contribution in [3.8, 4) is 5.75 Å². The largest absolute Gasteiger partial charge is 0.494 e. The van der Waals surface area contributed by atoms with Gasteiger partial charge in [0.25, 0.3) is 0 Å². The number of rotatable bonds is 8. The Kier molecular flexibility index (Phi) is 6.45. The SMILES string of the molecule is CNCCCOc1ccc(S(=O)(=O)N(C)C(C)C)cc1. The first-order valence-corrected chi connectivity index (χ1v) is 8.19. The zero-order valence-electron chi connectivity index (χ0n) is 12.6. The second kappa shape index (κ2) is 7.61. The quantitative estimate of drug-likeness (QED) is 0.743. The molecule has 0 aliphatic carbocycles. The Morgan fingerprint density at radius 3 is 2.35 bits per heavy atom. The van der Waals surface area contributed by atoms with Crippen molar-refractivity contribution in [3.05, 3.63) is 24.3 Å². The maximum absolute atomic E-state index is 12.3. The third-order valence-corrected chi connectivity index (χ3v) is 5.12. The summed E-state index contributed by atoms with van der Waals surface area (Å²) in [6.07, 6.45) is 0.909. The molecule has 0 aliphatic rings. The molecule has 1 N–H and O–H groups in total. The van der Waals surface area contributed by atoms with Crippen molar-refractivity contribution >= 4 is 10.0 Å². The Balaban J connectivity index is 2.71. The van der Waals surface area contributed by atoms with E-state index in [9.17, 15) is 8.42 Å². The lowest BCUT2D eigenvalue weighted by Gasteiger charge is -2.21. The smallest absolute Gasteiger partial charge is 0.243 e. The van der Waals surface area contributed by atoms with Crippen LogP contribution in [0.1, 0.15) is 20.3 Å². The van der Waals surface area contributed by atoms with Crippen LogP contribution in [0.25, 0.3) is 0 Å². The van der Waals surface area contributed by atoms with Gasteiger partial charge in [-0.25, -0.2) is 8.42 Å². The van der Waals surface area contributed by atoms with E-state index in [-0.39, 0.29) is 10.9 Å². The molecule has 5 nitrogen and oxygen atoms in total. The van der Waals surface area contributed by atoms with Gasteiger partial charge in [-0.05, 0) is 58.1 Å². The number of hydrogen-bond acceptors (Lipinski definition) is 4. The van der Waals surface area contributed by atoms with Gasteiger partial charge in [0.1, 0.15) is 5.75 Å². The number of ether oxygens (including phenoxy) is 1. The molecule has 0 heterocycles.